The summed E-state index contributed by atoms with van der Waals surface area (Å²) in [5, 5.41) is 1.22. The van der Waals surface area contributed by atoms with Gasteiger partial charge in [0.25, 0.3) is 0 Å². The Morgan fingerprint density at radius 3 is 2.73 bits per heavy atom. The van der Waals surface area contributed by atoms with Crippen molar-refractivity contribution < 1.29 is 4.79 Å². The summed E-state index contributed by atoms with van der Waals surface area (Å²) in [6.07, 6.45) is 3.52. The van der Waals surface area contributed by atoms with E-state index in [1.54, 1.807) is 0 Å². The SMILES string of the molecule is CCc1cc(N2CCC(CC(N)=O)CC2)c2ccccc2n1. The van der Waals surface area contributed by atoms with Gasteiger partial charge in [-0.25, -0.2) is 0 Å². The molecule has 4 heteroatoms. The Bertz CT molecular complexity index is 675. The largest absolute Gasteiger partial charge is 0.371 e. The van der Waals surface area contributed by atoms with Crippen LogP contribution >= 0.6 is 0 Å². The van der Waals surface area contributed by atoms with E-state index in [-0.39, 0.29) is 5.91 Å². The molecule has 0 unspecified atom stereocenters. The van der Waals surface area contributed by atoms with E-state index in [0.29, 0.717) is 12.3 Å². The summed E-state index contributed by atoms with van der Waals surface area (Å²) in [7, 11) is 0. The zero-order valence-electron chi connectivity index (χ0n) is 13.1. The highest BCUT2D eigenvalue weighted by Crippen LogP contribution is 2.31. The van der Waals surface area contributed by atoms with Crippen molar-refractivity contribution in [3.63, 3.8) is 0 Å². The maximum Gasteiger partial charge on any atom is 0.217 e. The van der Waals surface area contributed by atoms with Gasteiger partial charge in [-0.3, -0.25) is 9.78 Å². The minimum atomic E-state index is -0.180. The lowest BCUT2D eigenvalue weighted by Crippen LogP contribution is -2.35. The van der Waals surface area contributed by atoms with Crippen LogP contribution in [0.5, 0.6) is 0 Å². The molecule has 1 aliphatic heterocycles. The lowest BCUT2D eigenvalue weighted by atomic mass is 9.92. The van der Waals surface area contributed by atoms with Gasteiger partial charge in [-0.15, -0.1) is 0 Å². The van der Waals surface area contributed by atoms with Crippen molar-refractivity contribution >= 4 is 22.5 Å². The maximum absolute atomic E-state index is 11.1. The van der Waals surface area contributed by atoms with Crippen LogP contribution in [-0.2, 0) is 11.2 Å². The van der Waals surface area contributed by atoms with Gasteiger partial charge in [-0.05, 0) is 37.3 Å². The molecule has 1 amide bonds. The minimum Gasteiger partial charge on any atom is -0.371 e. The van der Waals surface area contributed by atoms with Crippen LogP contribution in [0.2, 0.25) is 0 Å². The summed E-state index contributed by atoms with van der Waals surface area (Å²) in [6.45, 7) is 4.10. The van der Waals surface area contributed by atoms with E-state index < -0.39 is 0 Å². The Balaban J connectivity index is 1.86. The summed E-state index contributed by atoms with van der Waals surface area (Å²) in [5.74, 6) is 0.258. The number of rotatable bonds is 4. The number of hydrogen-bond donors (Lipinski definition) is 1. The first-order valence-corrected chi connectivity index (χ1v) is 8.09. The molecule has 2 heterocycles. The number of amides is 1. The molecular formula is C18H23N3O. The minimum absolute atomic E-state index is 0.180. The van der Waals surface area contributed by atoms with Crippen LogP contribution < -0.4 is 10.6 Å². The number of aromatic nitrogens is 1. The third-order valence-corrected chi connectivity index (χ3v) is 4.55. The van der Waals surface area contributed by atoms with Gasteiger partial charge in [0.1, 0.15) is 0 Å². The van der Waals surface area contributed by atoms with E-state index in [2.05, 4.69) is 36.1 Å². The molecule has 22 heavy (non-hydrogen) atoms. The second kappa shape index (κ2) is 6.34. The zero-order valence-corrected chi connectivity index (χ0v) is 13.1. The Morgan fingerprint density at radius 2 is 2.05 bits per heavy atom. The van der Waals surface area contributed by atoms with E-state index in [4.69, 9.17) is 10.7 Å². The summed E-state index contributed by atoms with van der Waals surface area (Å²) < 4.78 is 0. The molecule has 0 aliphatic carbocycles. The third-order valence-electron chi connectivity index (χ3n) is 4.55. The molecule has 1 saturated heterocycles. The first-order valence-electron chi connectivity index (χ1n) is 8.09. The average Bonchev–Trinajstić information content (AvgIpc) is 2.54. The lowest BCUT2D eigenvalue weighted by Gasteiger charge is -2.34. The molecule has 3 rings (SSSR count). The Hall–Kier alpha value is -2.10. The average molecular weight is 297 g/mol. The first kappa shape index (κ1) is 14.8. The van der Waals surface area contributed by atoms with Gasteiger partial charge < -0.3 is 10.6 Å². The second-order valence-electron chi connectivity index (χ2n) is 6.10. The summed E-state index contributed by atoms with van der Waals surface area (Å²) >= 11 is 0. The van der Waals surface area contributed by atoms with Crippen LogP contribution in [0, 0.1) is 5.92 Å². The van der Waals surface area contributed by atoms with Gasteiger partial charge in [0.05, 0.1) is 5.52 Å². The number of nitrogens with two attached hydrogens (primary N) is 1. The first-order chi connectivity index (χ1) is 10.7. The molecule has 2 aromatic rings. The van der Waals surface area contributed by atoms with E-state index in [9.17, 15) is 4.79 Å². The number of carbonyl (C=O) groups excluding carboxylic acids is 1. The van der Waals surface area contributed by atoms with Crippen LogP contribution in [0.1, 0.15) is 31.9 Å². The summed E-state index contributed by atoms with van der Waals surface area (Å²) in [5.41, 5.74) is 8.80. The van der Waals surface area contributed by atoms with Crippen LogP contribution in [0.4, 0.5) is 5.69 Å². The number of para-hydroxylation sites is 1. The van der Waals surface area contributed by atoms with E-state index in [0.717, 1.165) is 43.6 Å². The zero-order chi connectivity index (χ0) is 15.5. The quantitative estimate of drug-likeness (QED) is 0.944. The Kier molecular flexibility index (Phi) is 4.27. The molecule has 0 spiro atoms. The third kappa shape index (κ3) is 3.06. The number of benzene rings is 1. The summed E-state index contributed by atoms with van der Waals surface area (Å²) in [4.78, 5) is 18.2. The Labute approximate surface area is 131 Å². The fourth-order valence-corrected chi connectivity index (χ4v) is 3.32. The number of piperidine rings is 1. The monoisotopic (exact) mass is 297 g/mol. The molecule has 1 aliphatic rings. The molecule has 0 bridgehead atoms. The van der Waals surface area contributed by atoms with Crippen molar-refractivity contribution in [1.29, 1.82) is 0 Å². The molecule has 2 N–H and O–H groups in total. The van der Waals surface area contributed by atoms with Crippen molar-refractivity contribution in [3.8, 4) is 0 Å². The maximum atomic E-state index is 11.1. The number of aryl methyl sites for hydroxylation is 1. The molecule has 116 valence electrons. The van der Waals surface area contributed by atoms with Crippen molar-refractivity contribution in [3.05, 3.63) is 36.0 Å². The van der Waals surface area contributed by atoms with E-state index in [1.165, 1.54) is 11.1 Å². The molecule has 1 fully saturated rings. The number of fused-ring (bicyclic) bond motifs is 1. The second-order valence-corrected chi connectivity index (χ2v) is 6.10. The molecule has 1 aromatic carbocycles. The number of pyridine rings is 1. The number of nitrogens with zero attached hydrogens (tertiary/aromatic N) is 2. The standard InChI is InChI=1S/C18H23N3O/c1-2-14-12-17(15-5-3-4-6-16(15)20-14)21-9-7-13(8-10-21)11-18(19)22/h3-6,12-13H,2,7-11H2,1H3,(H2,19,22). The van der Waals surface area contributed by atoms with Gasteiger partial charge in [-0.2, -0.15) is 0 Å². The molecule has 4 nitrogen and oxygen atoms in total. The smallest absolute Gasteiger partial charge is 0.217 e. The molecule has 0 atom stereocenters. The highest BCUT2D eigenvalue weighted by Gasteiger charge is 2.22. The van der Waals surface area contributed by atoms with E-state index >= 15 is 0 Å². The fraction of sp³-hybridized carbons (Fsp3) is 0.444. The lowest BCUT2D eigenvalue weighted by molar-refractivity contribution is -0.119. The normalized spacial score (nSPS) is 16.1. The number of anilines is 1. The van der Waals surface area contributed by atoms with Gasteiger partial charge >= 0.3 is 0 Å². The van der Waals surface area contributed by atoms with Crippen molar-refractivity contribution in [2.24, 2.45) is 11.7 Å². The van der Waals surface area contributed by atoms with Gasteiger partial charge in [0.2, 0.25) is 5.91 Å². The molecular weight excluding hydrogens is 274 g/mol. The summed E-state index contributed by atoms with van der Waals surface area (Å²) in [6, 6.07) is 10.6. The van der Waals surface area contributed by atoms with Crippen LogP contribution in [0.25, 0.3) is 10.9 Å². The van der Waals surface area contributed by atoms with Gasteiger partial charge in [-0.1, -0.05) is 25.1 Å². The number of carbonyl (C=O) groups is 1. The van der Waals surface area contributed by atoms with E-state index in [1.807, 2.05) is 6.07 Å². The van der Waals surface area contributed by atoms with Crippen molar-refractivity contribution in [2.45, 2.75) is 32.6 Å². The predicted octanol–water partition coefficient (Wildman–Crippen LogP) is 2.89. The van der Waals surface area contributed by atoms with Crippen LogP contribution in [0.15, 0.2) is 30.3 Å². The van der Waals surface area contributed by atoms with Crippen molar-refractivity contribution in [1.82, 2.24) is 4.98 Å². The molecule has 0 radical (unpaired) electrons. The number of hydrogen-bond acceptors (Lipinski definition) is 3. The predicted molar refractivity (Wildman–Crippen MR) is 89.9 cm³/mol. The fourth-order valence-electron chi connectivity index (χ4n) is 3.32. The van der Waals surface area contributed by atoms with Crippen LogP contribution in [-0.4, -0.2) is 24.0 Å². The van der Waals surface area contributed by atoms with Crippen molar-refractivity contribution in [2.75, 3.05) is 18.0 Å². The highest BCUT2D eigenvalue weighted by molar-refractivity contribution is 5.92. The van der Waals surface area contributed by atoms with Gasteiger partial charge in [0, 0.05) is 36.3 Å². The topological polar surface area (TPSA) is 59.2 Å². The van der Waals surface area contributed by atoms with Gasteiger partial charge in [0.15, 0.2) is 0 Å². The molecule has 1 aromatic heterocycles. The van der Waals surface area contributed by atoms with Crippen LogP contribution in [0.3, 0.4) is 0 Å². The molecule has 0 saturated carbocycles. The Morgan fingerprint density at radius 1 is 1.32 bits per heavy atom. The highest BCUT2D eigenvalue weighted by atomic mass is 16.1. The number of primary amides is 1.